The van der Waals surface area contributed by atoms with Crippen LogP contribution in [-0.4, -0.2) is 18.1 Å². The van der Waals surface area contributed by atoms with Gasteiger partial charge in [0.15, 0.2) is 0 Å². The maximum atomic E-state index is 4.95. The van der Waals surface area contributed by atoms with Gasteiger partial charge in [0.25, 0.3) is 0 Å². The molecule has 0 N–H and O–H groups in total. The van der Waals surface area contributed by atoms with E-state index < -0.39 is 0 Å². The first-order chi connectivity index (χ1) is 11.4. The summed E-state index contributed by atoms with van der Waals surface area (Å²) < 4.78 is 0. The molecule has 1 fully saturated rings. The first-order valence-electron chi connectivity index (χ1n) is 8.62. The van der Waals surface area contributed by atoms with Gasteiger partial charge in [-0.1, -0.05) is 61.4 Å². The normalized spacial score (nSPS) is 15.6. The van der Waals surface area contributed by atoms with E-state index in [1.807, 2.05) is 0 Å². The zero-order chi connectivity index (χ0) is 15.5. The molecular weight excluding hydrogens is 280 g/mol. The molecular formula is C21H22N2. The fraction of sp³-hybridized carbons (Fsp3) is 0.286. The molecule has 0 unspecified atom stereocenters. The van der Waals surface area contributed by atoms with Crippen molar-refractivity contribution in [1.82, 2.24) is 4.98 Å². The zero-order valence-electron chi connectivity index (χ0n) is 13.4. The third-order valence-corrected chi connectivity index (χ3v) is 4.72. The van der Waals surface area contributed by atoms with E-state index in [1.54, 1.807) is 0 Å². The minimum atomic E-state index is 1.09. The van der Waals surface area contributed by atoms with Crippen LogP contribution >= 0.6 is 0 Å². The van der Waals surface area contributed by atoms with Crippen molar-refractivity contribution >= 4 is 16.7 Å². The van der Waals surface area contributed by atoms with Crippen molar-refractivity contribution in [3.05, 3.63) is 60.7 Å². The molecule has 4 rings (SSSR count). The Morgan fingerprint density at radius 3 is 2.22 bits per heavy atom. The first-order valence-corrected chi connectivity index (χ1v) is 8.62. The summed E-state index contributed by atoms with van der Waals surface area (Å²) in [4.78, 5) is 7.42. The van der Waals surface area contributed by atoms with E-state index in [-0.39, 0.29) is 0 Å². The molecule has 0 radical (unpaired) electrons. The number of fused-ring (bicyclic) bond motifs is 1. The van der Waals surface area contributed by atoms with Crippen LogP contribution in [0.5, 0.6) is 0 Å². The van der Waals surface area contributed by atoms with Gasteiger partial charge < -0.3 is 4.90 Å². The Bertz CT molecular complexity index is 787. The zero-order valence-corrected chi connectivity index (χ0v) is 13.4. The van der Waals surface area contributed by atoms with Gasteiger partial charge in [-0.05, 0) is 36.1 Å². The van der Waals surface area contributed by atoms with Gasteiger partial charge in [-0.15, -0.1) is 0 Å². The van der Waals surface area contributed by atoms with Crippen molar-refractivity contribution in [1.29, 1.82) is 0 Å². The molecule has 1 aliphatic heterocycles. The van der Waals surface area contributed by atoms with Gasteiger partial charge in [-0.25, -0.2) is 4.98 Å². The van der Waals surface area contributed by atoms with Gasteiger partial charge in [0.1, 0.15) is 5.82 Å². The second-order valence-corrected chi connectivity index (χ2v) is 6.31. The van der Waals surface area contributed by atoms with Crippen molar-refractivity contribution in [2.45, 2.75) is 25.7 Å². The Balaban J connectivity index is 1.86. The van der Waals surface area contributed by atoms with Gasteiger partial charge >= 0.3 is 0 Å². The van der Waals surface area contributed by atoms with E-state index in [4.69, 9.17) is 4.98 Å². The number of nitrogens with zero attached hydrogens (tertiary/aromatic N) is 2. The maximum Gasteiger partial charge on any atom is 0.129 e. The predicted octanol–water partition coefficient (Wildman–Crippen LogP) is 5.28. The highest BCUT2D eigenvalue weighted by Crippen LogP contribution is 2.31. The number of hydrogen-bond acceptors (Lipinski definition) is 2. The minimum Gasteiger partial charge on any atom is -0.357 e. The fourth-order valence-electron chi connectivity index (χ4n) is 3.48. The van der Waals surface area contributed by atoms with Crippen LogP contribution in [0.15, 0.2) is 60.7 Å². The van der Waals surface area contributed by atoms with Crippen molar-refractivity contribution in [2.75, 3.05) is 18.0 Å². The van der Waals surface area contributed by atoms with Crippen molar-refractivity contribution < 1.29 is 0 Å². The van der Waals surface area contributed by atoms with E-state index in [0.717, 1.165) is 24.4 Å². The Hall–Kier alpha value is -2.35. The fourth-order valence-corrected chi connectivity index (χ4v) is 3.48. The molecule has 23 heavy (non-hydrogen) atoms. The first kappa shape index (κ1) is 14.3. The summed E-state index contributed by atoms with van der Waals surface area (Å²) in [6.07, 6.45) is 5.23. The van der Waals surface area contributed by atoms with E-state index in [1.165, 1.54) is 42.2 Å². The summed E-state index contributed by atoms with van der Waals surface area (Å²) in [6, 6.07) is 21.4. The molecule has 0 amide bonds. The molecule has 0 aliphatic carbocycles. The van der Waals surface area contributed by atoms with E-state index >= 15 is 0 Å². The van der Waals surface area contributed by atoms with Crippen molar-refractivity contribution in [3.63, 3.8) is 0 Å². The summed E-state index contributed by atoms with van der Waals surface area (Å²) in [5.41, 5.74) is 3.64. The van der Waals surface area contributed by atoms with Crippen molar-refractivity contribution in [2.24, 2.45) is 0 Å². The van der Waals surface area contributed by atoms with Crippen LogP contribution in [0.25, 0.3) is 22.0 Å². The molecule has 1 aromatic heterocycles. The van der Waals surface area contributed by atoms with Gasteiger partial charge in [0.2, 0.25) is 0 Å². The largest absolute Gasteiger partial charge is 0.357 e. The molecule has 0 saturated carbocycles. The highest BCUT2D eigenvalue weighted by Gasteiger charge is 2.14. The minimum absolute atomic E-state index is 1.09. The smallest absolute Gasteiger partial charge is 0.129 e. The Morgan fingerprint density at radius 1 is 0.739 bits per heavy atom. The summed E-state index contributed by atoms with van der Waals surface area (Å²) >= 11 is 0. The lowest BCUT2D eigenvalue weighted by molar-refractivity contribution is 0.726. The molecule has 1 aliphatic rings. The predicted molar refractivity (Wildman–Crippen MR) is 97.9 cm³/mol. The average Bonchev–Trinajstić information content (AvgIpc) is 2.91. The van der Waals surface area contributed by atoms with Crippen LogP contribution in [0.3, 0.4) is 0 Å². The van der Waals surface area contributed by atoms with Crippen LogP contribution < -0.4 is 4.90 Å². The molecule has 1 saturated heterocycles. The SMILES string of the molecule is c1ccc(-c2cc(N3CCCCCC3)nc3ccccc23)cc1. The highest BCUT2D eigenvalue weighted by atomic mass is 15.2. The number of anilines is 1. The highest BCUT2D eigenvalue weighted by molar-refractivity contribution is 5.96. The Labute approximate surface area is 137 Å². The molecule has 0 bridgehead atoms. The summed E-state index contributed by atoms with van der Waals surface area (Å²) in [5, 5.41) is 1.23. The summed E-state index contributed by atoms with van der Waals surface area (Å²) in [6.45, 7) is 2.25. The maximum absolute atomic E-state index is 4.95. The quantitative estimate of drug-likeness (QED) is 0.640. The molecule has 2 heterocycles. The molecule has 0 atom stereocenters. The summed E-state index contributed by atoms with van der Waals surface area (Å²) in [5.74, 6) is 1.13. The van der Waals surface area contributed by atoms with E-state index in [2.05, 4.69) is 65.6 Å². The lowest BCUT2D eigenvalue weighted by Crippen LogP contribution is -2.24. The third kappa shape index (κ3) is 2.94. The Morgan fingerprint density at radius 2 is 1.43 bits per heavy atom. The van der Waals surface area contributed by atoms with Crippen LogP contribution in [0.1, 0.15) is 25.7 Å². The molecule has 0 spiro atoms. The van der Waals surface area contributed by atoms with Crippen LogP contribution in [-0.2, 0) is 0 Å². The standard InChI is InChI=1S/C21H22N2/c1-2-9-15-23(14-8-1)21-16-19(17-10-4-3-5-11-17)18-12-6-7-13-20(18)22-21/h3-7,10-13,16H,1-2,8-9,14-15H2. The molecule has 2 heteroatoms. The van der Waals surface area contributed by atoms with E-state index in [0.29, 0.717) is 0 Å². The third-order valence-electron chi connectivity index (χ3n) is 4.72. The molecule has 2 aromatic carbocycles. The number of aromatic nitrogens is 1. The molecule has 116 valence electrons. The molecule has 2 nitrogen and oxygen atoms in total. The number of para-hydroxylation sites is 1. The van der Waals surface area contributed by atoms with Crippen molar-refractivity contribution in [3.8, 4) is 11.1 Å². The molecule has 3 aromatic rings. The number of hydrogen-bond donors (Lipinski definition) is 0. The average molecular weight is 302 g/mol. The Kier molecular flexibility index (Phi) is 3.97. The van der Waals surface area contributed by atoms with Gasteiger partial charge in [0.05, 0.1) is 5.52 Å². The van der Waals surface area contributed by atoms with Gasteiger partial charge in [-0.3, -0.25) is 0 Å². The second kappa shape index (κ2) is 6.41. The second-order valence-electron chi connectivity index (χ2n) is 6.31. The van der Waals surface area contributed by atoms with Crippen LogP contribution in [0, 0.1) is 0 Å². The lowest BCUT2D eigenvalue weighted by Gasteiger charge is -2.23. The monoisotopic (exact) mass is 302 g/mol. The number of pyridine rings is 1. The summed E-state index contributed by atoms with van der Waals surface area (Å²) in [7, 11) is 0. The topological polar surface area (TPSA) is 16.1 Å². The van der Waals surface area contributed by atoms with Crippen LogP contribution in [0.4, 0.5) is 5.82 Å². The lowest BCUT2D eigenvalue weighted by atomic mass is 10.0. The number of benzene rings is 2. The van der Waals surface area contributed by atoms with Crippen LogP contribution in [0.2, 0.25) is 0 Å². The van der Waals surface area contributed by atoms with Gasteiger partial charge in [0, 0.05) is 18.5 Å². The van der Waals surface area contributed by atoms with E-state index in [9.17, 15) is 0 Å². The van der Waals surface area contributed by atoms with Gasteiger partial charge in [-0.2, -0.15) is 0 Å². The number of rotatable bonds is 2.